The second kappa shape index (κ2) is 6.62. The molecule has 0 radical (unpaired) electrons. The van der Waals surface area contributed by atoms with Crippen LogP contribution in [-0.2, 0) is 0 Å². The predicted molar refractivity (Wildman–Crippen MR) is 80.2 cm³/mol. The Morgan fingerprint density at radius 2 is 1.56 bits per heavy atom. The lowest BCUT2D eigenvalue weighted by atomic mass is 9.74. The van der Waals surface area contributed by atoms with Crippen LogP contribution in [0.15, 0.2) is 0 Å². The molecule has 0 amide bonds. The van der Waals surface area contributed by atoms with Crippen LogP contribution in [0.5, 0.6) is 0 Å². The van der Waals surface area contributed by atoms with Crippen molar-refractivity contribution in [2.45, 2.75) is 62.5 Å². The molecule has 0 aromatic rings. The fraction of sp³-hybridized carbons (Fsp3) is 1.00. The van der Waals surface area contributed by atoms with Crippen molar-refractivity contribution in [3.63, 3.8) is 0 Å². The van der Waals surface area contributed by atoms with Crippen molar-refractivity contribution in [2.75, 3.05) is 26.0 Å². The van der Waals surface area contributed by atoms with E-state index in [0.29, 0.717) is 11.4 Å². The molecule has 106 valence electrons. The van der Waals surface area contributed by atoms with Crippen molar-refractivity contribution in [1.29, 1.82) is 0 Å². The van der Waals surface area contributed by atoms with E-state index in [0.717, 1.165) is 13.1 Å². The summed E-state index contributed by atoms with van der Waals surface area (Å²) in [4.78, 5) is 0. The zero-order chi connectivity index (χ0) is 12.9. The van der Waals surface area contributed by atoms with Crippen molar-refractivity contribution in [3.05, 3.63) is 0 Å². The van der Waals surface area contributed by atoms with Crippen molar-refractivity contribution in [2.24, 2.45) is 5.41 Å². The van der Waals surface area contributed by atoms with Gasteiger partial charge in [-0.15, -0.1) is 0 Å². The standard InChI is InChI=1S/C15H29NOS/c1-18-15(9-5-6-10-15)12-16-11-14(13-17)7-3-2-4-8-14/h16-17H,2-13H2,1H3. The van der Waals surface area contributed by atoms with E-state index < -0.39 is 0 Å². The zero-order valence-corrected chi connectivity index (χ0v) is 12.7. The summed E-state index contributed by atoms with van der Waals surface area (Å²) in [6.07, 6.45) is 14.2. The minimum atomic E-state index is 0.191. The monoisotopic (exact) mass is 271 g/mol. The number of aliphatic hydroxyl groups excluding tert-OH is 1. The number of thioether (sulfide) groups is 1. The molecular formula is C15H29NOS. The summed E-state index contributed by atoms with van der Waals surface area (Å²) in [5.41, 5.74) is 0.191. The third-order valence-corrected chi connectivity index (χ3v) is 6.56. The van der Waals surface area contributed by atoms with Gasteiger partial charge in [-0.2, -0.15) is 11.8 Å². The molecule has 18 heavy (non-hydrogen) atoms. The maximum atomic E-state index is 9.71. The molecule has 0 unspecified atom stereocenters. The number of nitrogens with one attached hydrogen (secondary N) is 1. The second-order valence-corrected chi connectivity index (χ2v) is 7.69. The second-order valence-electron chi connectivity index (χ2n) is 6.42. The Kier molecular flexibility index (Phi) is 5.40. The molecule has 2 nitrogen and oxygen atoms in total. The average Bonchev–Trinajstić information content (AvgIpc) is 2.89. The van der Waals surface area contributed by atoms with Gasteiger partial charge in [-0.05, 0) is 31.9 Å². The van der Waals surface area contributed by atoms with Crippen LogP contribution < -0.4 is 5.32 Å². The zero-order valence-electron chi connectivity index (χ0n) is 11.8. The Labute approximate surface area is 116 Å². The normalized spacial score (nSPS) is 26.3. The Morgan fingerprint density at radius 3 is 2.11 bits per heavy atom. The van der Waals surface area contributed by atoms with Gasteiger partial charge in [0.2, 0.25) is 0 Å². The number of rotatable bonds is 6. The van der Waals surface area contributed by atoms with Crippen LogP contribution in [0.25, 0.3) is 0 Å². The molecule has 2 rings (SSSR count). The van der Waals surface area contributed by atoms with Crippen LogP contribution in [0, 0.1) is 5.41 Å². The Balaban J connectivity index is 1.79. The van der Waals surface area contributed by atoms with E-state index in [1.54, 1.807) is 0 Å². The Bertz CT molecular complexity index is 245. The SMILES string of the molecule is CSC1(CNCC2(CO)CCCCC2)CCCC1. The van der Waals surface area contributed by atoms with Crippen molar-refractivity contribution in [1.82, 2.24) is 5.32 Å². The van der Waals surface area contributed by atoms with Gasteiger partial charge in [0.1, 0.15) is 0 Å². The van der Waals surface area contributed by atoms with Gasteiger partial charge in [0.15, 0.2) is 0 Å². The molecule has 0 saturated heterocycles. The molecule has 3 heteroatoms. The van der Waals surface area contributed by atoms with E-state index in [-0.39, 0.29) is 5.41 Å². The summed E-state index contributed by atoms with van der Waals surface area (Å²) in [6, 6.07) is 0. The van der Waals surface area contributed by atoms with Crippen LogP contribution in [-0.4, -0.2) is 35.8 Å². The first-order chi connectivity index (χ1) is 8.74. The summed E-state index contributed by atoms with van der Waals surface area (Å²) >= 11 is 2.05. The van der Waals surface area contributed by atoms with Gasteiger partial charge in [0.25, 0.3) is 0 Å². The Morgan fingerprint density at radius 1 is 0.944 bits per heavy atom. The molecule has 2 fully saturated rings. The summed E-state index contributed by atoms with van der Waals surface area (Å²) < 4.78 is 0.491. The summed E-state index contributed by atoms with van der Waals surface area (Å²) in [6.45, 7) is 2.52. The number of hydrogen-bond donors (Lipinski definition) is 2. The van der Waals surface area contributed by atoms with Crippen molar-refractivity contribution in [3.8, 4) is 0 Å². The van der Waals surface area contributed by atoms with Crippen LogP contribution in [0.1, 0.15) is 57.8 Å². The lowest BCUT2D eigenvalue weighted by Crippen LogP contribution is -2.44. The third-order valence-electron chi connectivity index (χ3n) is 5.14. The quantitative estimate of drug-likeness (QED) is 0.778. The summed E-state index contributed by atoms with van der Waals surface area (Å²) in [7, 11) is 0. The Hall–Kier alpha value is 0.270. The van der Waals surface area contributed by atoms with E-state index in [9.17, 15) is 5.11 Å². The summed E-state index contributed by atoms with van der Waals surface area (Å²) in [5, 5.41) is 13.4. The van der Waals surface area contributed by atoms with Crippen LogP contribution in [0.4, 0.5) is 0 Å². The first kappa shape index (κ1) is 14.7. The highest BCUT2D eigenvalue weighted by Gasteiger charge is 2.35. The lowest BCUT2D eigenvalue weighted by Gasteiger charge is -2.37. The molecule has 0 aromatic carbocycles. The van der Waals surface area contributed by atoms with Gasteiger partial charge < -0.3 is 10.4 Å². The topological polar surface area (TPSA) is 32.3 Å². The minimum absolute atomic E-state index is 0.191. The predicted octanol–water partition coefficient (Wildman–Crippen LogP) is 3.19. The molecule has 0 aromatic heterocycles. The highest BCUT2D eigenvalue weighted by Crippen LogP contribution is 2.40. The van der Waals surface area contributed by atoms with Crippen LogP contribution in [0.2, 0.25) is 0 Å². The van der Waals surface area contributed by atoms with Gasteiger partial charge in [-0.25, -0.2) is 0 Å². The van der Waals surface area contributed by atoms with E-state index >= 15 is 0 Å². The fourth-order valence-electron chi connectivity index (χ4n) is 3.72. The highest BCUT2D eigenvalue weighted by atomic mass is 32.2. The highest BCUT2D eigenvalue weighted by molar-refractivity contribution is 8.00. The van der Waals surface area contributed by atoms with Crippen LogP contribution in [0.3, 0.4) is 0 Å². The maximum Gasteiger partial charge on any atom is 0.0499 e. The molecule has 0 atom stereocenters. The molecule has 0 heterocycles. The number of hydrogen-bond acceptors (Lipinski definition) is 3. The average molecular weight is 271 g/mol. The van der Waals surface area contributed by atoms with Gasteiger partial charge in [0.05, 0.1) is 0 Å². The third kappa shape index (κ3) is 3.43. The van der Waals surface area contributed by atoms with E-state index in [2.05, 4.69) is 11.6 Å². The lowest BCUT2D eigenvalue weighted by molar-refractivity contribution is 0.0808. The van der Waals surface area contributed by atoms with Gasteiger partial charge in [-0.3, -0.25) is 0 Å². The van der Waals surface area contributed by atoms with E-state index in [1.165, 1.54) is 57.8 Å². The van der Waals surface area contributed by atoms with E-state index in [4.69, 9.17) is 0 Å². The summed E-state index contributed by atoms with van der Waals surface area (Å²) in [5.74, 6) is 0. The molecule has 0 bridgehead atoms. The van der Waals surface area contributed by atoms with Crippen LogP contribution >= 0.6 is 11.8 Å². The first-order valence-electron chi connectivity index (χ1n) is 7.61. The van der Waals surface area contributed by atoms with Crippen molar-refractivity contribution >= 4 is 11.8 Å². The van der Waals surface area contributed by atoms with Crippen molar-refractivity contribution < 1.29 is 5.11 Å². The molecule has 2 saturated carbocycles. The molecule has 0 spiro atoms. The molecular weight excluding hydrogens is 242 g/mol. The molecule has 2 N–H and O–H groups in total. The molecule has 2 aliphatic rings. The van der Waals surface area contributed by atoms with Gasteiger partial charge in [-0.1, -0.05) is 32.1 Å². The number of aliphatic hydroxyl groups is 1. The largest absolute Gasteiger partial charge is 0.396 e. The van der Waals surface area contributed by atoms with Gasteiger partial charge >= 0.3 is 0 Å². The first-order valence-corrected chi connectivity index (χ1v) is 8.84. The molecule has 0 aliphatic heterocycles. The minimum Gasteiger partial charge on any atom is -0.396 e. The maximum absolute atomic E-state index is 9.71. The fourth-order valence-corrected chi connectivity index (χ4v) is 4.66. The molecule has 2 aliphatic carbocycles. The van der Waals surface area contributed by atoms with E-state index in [1.807, 2.05) is 11.8 Å². The smallest absolute Gasteiger partial charge is 0.0499 e. The van der Waals surface area contributed by atoms with Gasteiger partial charge in [0, 0.05) is 29.9 Å².